The number of nitro benzene ring substituents is 1. The normalized spacial score (nSPS) is 12.7. The number of nitrogens with zero attached hydrogens (tertiary/aromatic N) is 2. The molecule has 3 rings (SSSR count). The van der Waals surface area contributed by atoms with Crippen molar-refractivity contribution in [3.63, 3.8) is 0 Å². The van der Waals surface area contributed by atoms with E-state index in [4.69, 9.17) is 21.1 Å². The molecular formula is C16H11ClF3N3O5S. The van der Waals surface area contributed by atoms with Crippen molar-refractivity contribution in [3.8, 4) is 11.5 Å². The molecule has 8 nitrogen and oxygen atoms in total. The SMILES string of the molecule is O=C(NCCSc1ncc(C(F)(F)F)cc1Cl)c1cc2c(cc1[N+](=O)[O-])OCO2. The molecule has 0 atom stereocenters. The van der Waals surface area contributed by atoms with Crippen LogP contribution in [0.4, 0.5) is 18.9 Å². The molecule has 2 heterocycles. The summed E-state index contributed by atoms with van der Waals surface area (Å²) in [6.07, 6.45) is -3.88. The monoisotopic (exact) mass is 449 g/mol. The highest BCUT2D eigenvalue weighted by atomic mass is 35.5. The average Bonchev–Trinajstić information content (AvgIpc) is 3.11. The fourth-order valence-electron chi connectivity index (χ4n) is 2.36. The number of amides is 1. The number of hydrogen-bond acceptors (Lipinski definition) is 7. The van der Waals surface area contributed by atoms with Gasteiger partial charge in [0.2, 0.25) is 6.79 Å². The zero-order valence-electron chi connectivity index (χ0n) is 14.3. The molecule has 1 amide bonds. The van der Waals surface area contributed by atoms with Gasteiger partial charge in [-0.05, 0) is 6.07 Å². The van der Waals surface area contributed by atoms with Crippen molar-refractivity contribution < 1.29 is 32.4 Å². The van der Waals surface area contributed by atoms with E-state index in [0.717, 1.165) is 23.9 Å². The predicted molar refractivity (Wildman–Crippen MR) is 96.5 cm³/mol. The molecule has 0 aliphatic carbocycles. The molecule has 1 aromatic heterocycles. The van der Waals surface area contributed by atoms with E-state index in [9.17, 15) is 28.1 Å². The van der Waals surface area contributed by atoms with Gasteiger partial charge in [-0.1, -0.05) is 11.6 Å². The Morgan fingerprint density at radius 1 is 1.31 bits per heavy atom. The van der Waals surface area contributed by atoms with Crippen LogP contribution in [0.5, 0.6) is 11.5 Å². The quantitative estimate of drug-likeness (QED) is 0.308. The van der Waals surface area contributed by atoms with Crippen molar-refractivity contribution in [1.82, 2.24) is 10.3 Å². The fourth-order valence-corrected chi connectivity index (χ4v) is 3.41. The summed E-state index contributed by atoms with van der Waals surface area (Å²) in [5.41, 5.74) is -1.60. The summed E-state index contributed by atoms with van der Waals surface area (Å²) in [7, 11) is 0. The summed E-state index contributed by atoms with van der Waals surface area (Å²) in [6.45, 7) is -0.0385. The van der Waals surface area contributed by atoms with Gasteiger partial charge >= 0.3 is 6.18 Å². The van der Waals surface area contributed by atoms with Crippen LogP contribution < -0.4 is 14.8 Å². The Balaban J connectivity index is 1.60. The third-order valence-corrected chi connectivity index (χ3v) is 5.10. The largest absolute Gasteiger partial charge is 0.454 e. The lowest BCUT2D eigenvalue weighted by Gasteiger charge is -2.09. The maximum absolute atomic E-state index is 12.6. The number of fused-ring (bicyclic) bond motifs is 1. The lowest BCUT2D eigenvalue weighted by molar-refractivity contribution is -0.385. The van der Waals surface area contributed by atoms with Gasteiger partial charge in [-0.2, -0.15) is 13.2 Å². The molecule has 0 saturated carbocycles. The Bertz CT molecular complexity index is 974. The summed E-state index contributed by atoms with van der Waals surface area (Å²) in [5.74, 6) is -0.0907. The second kappa shape index (κ2) is 8.33. The summed E-state index contributed by atoms with van der Waals surface area (Å²) in [6, 6.07) is 3.10. The van der Waals surface area contributed by atoms with Crippen molar-refractivity contribution in [2.24, 2.45) is 0 Å². The zero-order valence-corrected chi connectivity index (χ0v) is 15.9. The highest BCUT2D eigenvalue weighted by Crippen LogP contribution is 2.38. The van der Waals surface area contributed by atoms with Gasteiger partial charge < -0.3 is 14.8 Å². The Labute approximate surface area is 170 Å². The Kier molecular flexibility index (Phi) is 6.03. The molecule has 1 aliphatic rings. The topological polar surface area (TPSA) is 104 Å². The van der Waals surface area contributed by atoms with Crippen LogP contribution in [0.25, 0.3) is 0 Å². The number of carbonyl (C=O) groups excluding carboxylic acids is 1. The predicted octanol–water partition coefficient (Wildman–Crippen LogP) is 3.91. The van der Waals surface area contributed by atoms with Crippen LogP contribution in [0.1, 0.15) is 15.9 Å². The summed E-state index contributed by atoms with van der Waals surface area (Å²) in [5, 5.41) is 13.7. The Morgan fingerprint density at radius 3 is 2.62 bits per heavy atom. The van der Waals surface area contributed by atoms with Crippen LogP contribution >= 0.6 is 23.4 Å². The molecule has 0 saturated heterocycles. The first kappa shape index (κ1) is 21.0. The Morgan fingerprint density at radius 2 is 2.00 bits per heavy atom. The number of benzene rings is 1. The number of carbonyl (C=O) groups is 1. The average molecular weight is 450 g/mol. The van der Waals surface area contributed by atoms with E-state index in [0.29, 0.717) is 6.20 Å². The number of aromatic nitrogens is 1. The van der Waals surface area contributed by atoms with E-state index in [1.54, 1.807) is 0 Å². The van der Waals surface area contributed by atoms with E-state index < -0.39 is 28.3 Å². The van der Waals surface area contributed by atoms with Gasteiger partial charge in [-0.25, -0.2) is 4.98 Å². The van der Waals surface area contributed by atoms with Gasteiger partial charge in [0.05, 0.1) is 21.6 Å². The van der Waals surface area contributed by atoms with E-state index >= 15 is 0 Å². The standard InChI is InChI=1S/C16H11ClF3N3O5S/c17-10-3-8(16(18,19)20)6-22-15(10)29-2-1-21-14(24)9-4-12-13(28-7-27-12)5-11(9)23(25)26/h3-6H,1-2,7H2,(H,21,24). The van der Waals surface area contributed by atoms with Gasteiger partial charge in [-0.3, -0.25) is 14.9 Å². The van der Waals surface area contributed by atoms with Crippen molar-refractivity contribution in [2.75, 3.05) is 19.1 Å². The number of nitro groups is 1. The van der Waals surface area contributed by atoms with Crippen LogP contribution in [0.3, 0.4) is 0 Å². The second-order valence-corrected chi connectivity index (χ2v) is 7.08. The zero-order chi connectivity index (χ0) is 21.2. The Hall–Kier alpha value is -2.73. The van der Waals surface area contributed by atoms with Crippen LogP contribution in [0.2, 0.25) is 5.02 Å². The molecule has 0 radical (unpaired) electrons. The van der Waals surface area contributed by atoms with Crippen LogP contribution in [0.15, 0.2) is 29.4 Å². The number of pyridine rings is 1. The molecule has 1 N–H and O–H groups in total. The third-order valence-electron chi connectivity index (χ3n) is 3.69. The van der Waals surface area contributed by atoms with Crippen molar-refractivity contribution in [1.29, 1.82) is 0 Å². The highest BCUT2D eigenvalue weighted by Gasteiger charge is 2.31. The van der Waals surface area contributed by atoms with Gasteiger partial charge in [0.15, 0.2) is 11.5 Å². The first-order valence-electron chi connectivity index (χ1n) is 7.88. The van der Waals surface area contributed by atoms with Gasteiger partial charge in [0.1, 0.15) is 10.6 Å². The van der Waals surface area contributed by atoms with Crippen LogP contribution in [0, 0.1) is 10.1 Å². The number of ether oxygens (including phenoxy) is 2. The lowest BCUT2D eigenvalue weighted by Crippen LogP contribution is -2.26. The summed E-state index contributed by atoms with van der Waals surface area (Å²) in [4.78, 5) is 26.5. The van der Waals surface area contributed by atoms with Gasteiger partial charge in [0, 0.05) is 24.6 Å². The first-order chi connectivity index (χ1) is 13.7. The number of hydrogen-bond donors (Lipinski definition) is 1. The molecule has 13 heteroatoms. The van der Waals surface area contributed by atoms with Crippen molar-refractivity contribution in [2.45, 2.75) is 11.2 Å². The van der Waals surface area contributed by atoms with Gasteiger partial charge in [-0.15, -0.1) is 11.8 Å². The molecular weight excluding hydrogens is 439 g/mol. The van der Waals surface area contributed by atoms with E-state index in [1.807, 2.05) is 0 Å². The maximum Gasteiger partial charge on any atom is 0.417 e. The lowest BCUT2D eigenvalue weighted by atomic mass is 10.1. The number of rotatable bonds is 6. The minimum Gasteiger partial charge on any atom is -0.454 e. The molecule has 29 heavy (non-hydrogen) atoms. The molecule has 0 bridgehead atoms. The number of nitrogens with one attached hydrogen (secondary N) is 1. The fraction of sp³-hybridized carbons (Fsp3) is 0.250. The van der Waals surface area contributed by atoms with Crippen molar-refractivity contribution in [3.05, 3.63) is 50.7 Å². The molecule has 0 unspecified atom stereocenters. The molecule has 2 aromatic rings. The highest BCUT2D eigenvalue weighted by molar-refractivity contribution is 7.99. The maximum atomic E-state index is 12.6. The summed E-state index contributed by atoms with van der Waals surface area (Å²) < 4.78 is 48.0. The minimum absolute atomic E-state index is 0.0636. The molecule has 1 aromatic carbocycles. The molecule has 0 fully saturated rings. The number of halogens is 4. The van der Waals surface area contributed by atoms with Gasteiger partial charge in [0.25, 0.3) is 11.6 Å². The number of thioether (sulfide) groups is 1. The van der Waals surface area contributed by atoms with E-state index in [1.165, 1.54) is 6.07 Å². The van der Waals surface area contributed by atoms with E-state index in [-0.39, 0.29) is 46.2 Å². The number of alkyl halides is 3. The smallest absolute Gasteiger partial charge is 0.417 e. The second-order valence-electron chi connectivity index (χ2n) is 5.59. The van der Waals surface area contributed by atoms with Crippen LogP contribution in [-0.4, -0.2) is 34.9 Å². The molecule has 1 aliphatic heterocycles. The first-order valence-corrected chi connectivity index (χ1v) is 9.25. The molecule has 154 valence electrons. The molecule has 0 spiro atoms. The van der Waals surface area contributed by atoms with E-state index in [2.05, 4.69) is 10.3 Å². The van der Waals surface area contributed by atoms with Crippen molar-refractivity contribution >= 4 is 35.0 Å². The third kappa shape index (κ3) is 4.82. The summed E-state index contributed by atoms with van der Waals surface area (Å²) >= 11 is 6.84. The minimum atomic E-state index is -4.55. The van der Waals surface area contributed by atoms with Crippen LogP contribution in [-0.2, 0) is 6.18 Å².